The van der Waals surface area contributed by atoms with Crippen molar-refractivity contribution in [2.24, 2.45) is 11.0 Å². The summed E-state index contributed by atoms with van der Waals surface area (Å²) >= 11 is 0. The van der Waals surface area contributed by atoms with Gasteiger partial charge >= 0.3 is 6.09 Å². The van der Waals surface area contributed by atoms with Crippen molar-refractivity contribution in [3.8, 4) is 5.75 Å². The van der Waals surface area contributed by atoms with Gasteiger partial charge in [-0.05, 0) is 38.8 Å². The highest BCUT2D eigenvalue weighted by atomic mass is 16.6. The second-order valence-corrected chi connectivity index (χ2v) is 7.65. The third-order valence-electron chi connectivity index (χ3n) is 3.68. The van der Waals surface area contributed by atoms with Gasteiger partial charge in [0.1, 0.15) is 24.0 Å². The van der Waals surface area contributed by atoms with Gasteiger partial charge in [0.2, 0.25) is 0 Å². The molecule has 1 aliphatic heterocycles. The van der Waals surface area contributed by atoms with E-state index in [1.165, 1.54) is 0 Å². The second-order valence-electron chi connectivity index (χ2n) is 7.65. The number of nitrogens with zero attached hydrogens (tertiary/aromatic N) is 1. The van der Waals surface area contributed by atoms with Gasteiger partial charge in [0.05, 0.1) is 6.21 Å². The van der Waals surface area contributed by atoms with Crippen LogP contribution >= 0.6 is 0 Å². The summed E-state index contributed by atoms with van der Waals surface area (Å²) in [7, 11) is 0. The Balaban J connectivity index is 1.95. The first-order valence-electron chi connectivity index (χ1n) is 8.90. The second kappa shape index (κ2) is 8.70. The Hall–Kier alpha value is -2.83. The van der Waals surface area contributed by atoms with E-state index in [2.05, 4.69) is 15.8 Å². The first kappa shape index (κ1) is 20.5. The Bertz CT molecular complexity index is 748. The van der Waals surface area contributed by atoms with Gasteiger partial charge in [0.25, 0.3) is 5.91 Å². The lowest BCUT2D eigenvalue weighted by Crippen LogP contribution is -2.49. The number of hydrogen-bond acceptors (Lipinski definition) is 5. The molecule has 27 heavy (non-hydrogen) atoms. The third kappa shape index (κ3) is 6.44. The van der Waals surface area contributed by atoms with Crippen molar-refractivity contribution in [2.45, 2.75) is 46.3 Å². The molecule has 0 aliphatic carbocycles. The van der Waals surface area contributed by atoms with Crippen molar-refractivity contribution in [2.75, 3.05) is 6.61 Å². The van der Waals surface area contributed by atoms with E-state index >= 15 is 0 Å². The first-order chi connectivity index (χ1) is 12.7. The van der Waals surface area contributed by atoms with E-state index in [0.717, 1.165) is 16.9 Å². The van der Waals surface area contributed by atoms with Gasteiger partial charge in [-0.25, -0.2) is 10.2 Å². The summed E-state index contributed by atoms with van der Waals surface area (Å²) in [6.07, 6.45) is 2.85. The molecule has 2 N–H and O–H groups in total. The number of ether oxygens (including phenoxy) is 2. The average molecular weight is 373 g/mol. The number of rotatable bonds is 5. The maximum absolute atomic E-state index is 12.4. The summed E-state index contributed by atoms with van der Waals surface area (Å²) in [5, 5.41) is 6.58. The molecular formula is C20H27N3O4. The maximum atomic E-state index is 12.4. The van der Waals surface area contributed by atoms with Gasteiger partial charge in [-0.2, -0.15) is 5.10 Å². The van der Waals surface area contributed by atoms with E-state index in [1.54, 1.807) is 27.0 Å². The predicted molar refractivity (Wildman–Crippen MR) is 105 cm³/mol. The van der Waals surface area contributed by atoms with Crippen LogP contribution in [0, 0.1) is 5.92 Å². The highest BCUT2D eigenvalue weighted by Crippen LogP contribution is 2.24. The minimum absolute atomic E-state index is 0.128. The zero-order valence-electron chi connectivity index (χ0n) is 16.4. The topological polar surface area (TPSA) is 89.0 Å². The van der Waals surface area contributed by atoms with Crippen LogP contribution in [0.25, 0.3) is 6.08 Å². The number of hydrazone groups is 1. The highest BCUT2D eigenvalue weighted by molar-refractivity contribution is 5.90. The van der Waals surface area contributed by atoms with Crippen LogP contribution < -0.4 is 15.5 Å². The van der Waals surface area contributed by atoms with E-state index in [1.807, 2.05) is 44.2 Å². The summed E-state index contributed by atoms with van der Waals surface area (Å²) in [5.41, 5.74) is 3.62. The Kier molecular flexibility index (Phi) is 6.60. The van der Waals surface area contributed by atoms with Crippen LogP contribution in [-0.4, -0.2) is 36.5 Å². The summed E-state index contributed by atoms with van der Waals surface area (Å²) in [6.45, 7) is 9.33. The summed E-state index contributed by atoms with van der Waals surface area (Å²) < 4.78 is 10.8. The van der Waals surface area contributed by atoms with E-state index in [-0.39, 0.29) is 5.92 Å². The molecule has 1 aliphatic rings. The molecule has 2 amide bonds. The van der Waals surface area contributed by atoms with Crippen LogP contribution in [-0.2, 0) is 9.53 Å². The Morgan fingerprint density at radius 3 is 2.63 bits per heavy atom. The van der Waals surface area contributed by atoms with Crippen LogP contribution in [0.3, 0.4) is 0 Å². The van der Waals surface area contributed by atoms with E-state index in [4.69, 9.17) is 9.47 Å². The highest BCUT2D eigenvalue weighted by Gasteiger charge is 2.26. The van der Waals surface area contributed by atoms with Crippen molar-refractivity contribution < 1.29 is 19.1 Å². The van der Waals surface area contributed by atoms with Crippen molar-refractivity contribution in [3.63, 3.8) is 0 Å². The number of carbonyl (C=O) groups excluding carboxylic acids is 2. The van der Waals surface area contributed by atoms with Gasteiger partial charge in [0, 0.05) is 11.1 Å². The van der Waals surface area contributed by atoms with Crippen molar-refractivity contribution in [3.05, 3.63) is 35.4 Å². The molecule has 0 fully saturated rings. The lowest BCUT2D eigenvalue weighted by molar-refractivity contribution is -0.124. The first-order valence-corrected chi connectivity index (χ1v) is 8.90. The molecule has 0 saturated carbocycles. The van der Waals surface area contributed by atoms with Crippen LogP contribution in [0.5, 0.6) is 5.75 Å². The maximum Gasteiger partial charge on any atom is 0.408 e. The lowest BCUT2D eigenvalue weighted by atomic mass is 10.0. The minimum Gasteiger partial charge on any atom is -0.488 e. The molecule has 0 saturated heterocycles. The molecule has 7 heteroatoms. The number of amides is 2. The van der Waals surface area contributed by atoms with Crippen LogP contribution in [0.15, 0.2) is 34.9 Å². The van der Waals surface area contributed by atoms with Crippen molar-refractivity contribution in [1.82, 2.24) is 10.7 Å². The Morgan fingerprint density at radius 1 is 1.26 bits per heavy atom. The number of benzene rings is 1. The van der Waals surface area contributed by atoms with Crippen LogP contribution in [0.4, 0.5) is 4.79 Å². The van der Waals surface area contributed by atoms with Crippen LogP contribution in [0.1, 0.15) is 40.2 Å². The summed E-state index contributed by atoms with van der Waals surface area (Å²) in [4.78, 5) is 24.3. The van der Waals surface area contributed by atoms with E-state index in [0.29, 0.717) is 6.61 Å². The van der Waals surface area contributed by atoms with Gasteiger partial charge in [0.15, 0.2) is 0 Å². The minimum atomic E-state index is -0.755. The fourth-order valence-electron chi connectivity index (χ4n) is 2.43. The van der Waals surface area contributed by atoms with Crippen LogP contribution in [0.2, 0.25) is 0 Å². The third-order valence-corrected chi connectivity index (χ3v) is 3.68. The van der Waals surface area contributed by atoms with E-state index in [9.17, 15) is 9.59 Å². The molecule has 1 atom stereocenters. The number of carbonyl (C=O) groups is 2. The molecule has 1 heterocycles. The molecule has 0 unspecified atom stereocenters. The number of fused-ring (bicyclic) bond motifs is 1. The fraction of sp³-hybridized carbons (Fsp3) is 0.450. The molecule has 2 rings (SSSR count). The fourth-order valence-corrected chi connectivity index (χ4v) is 2.43. The summed E-state index contributed by atoms with van der Waals surface area (Å²) in [6, 6.07) is 6.93. The normalized spacial score (nSPS) is 14.8. The predicted octanol–water partition coefficient (Wildman–Crippen LogP) is 3.11. The zero-order valence-corrected chi connectivity index (χ0v) is 16.4. The Morgan fingerprint density at radius 2 is 1.96 bits per heavy atom. The molecular weight excluding hydrogens is 346 g/mol. The average Bonchev–Trinajstić information content (AvgIpc) is 2.57. The lowest BCUT2D eigenvalue weighted by Gasteiger charge is -2.24. The molecule has 0 spiro atoms. The van der Waals surface area contributed by atoms with Gasteiger partial charge in [-0.15, -0.1) is 0 Å². The number of nitrogens with one attached hydrogen (secondary N) is 2. The molecule has 0 radical (unpaired) electrons. The largest absolute Gasteiger partial charge is 0.488 e. The quantitative estimate of drug-likeness (QED) is 0.613. The monoisotopic (exact) mass is 373 g/mol. The van der Waals surface area contributed by atoms with Crippen molar-refractivity contribution >= 4 is 24.3 Å². The molecule has 0 bridgehead atoms. The number of alkyl carbamates (subject to hydrolysis) is 1. The summed E-state index contributed by atoms with van der Waals surface area (Å²) in [5.74, 6) is 0.279. The smallest absolute Gasteiger partial charge is 0.408 e. The standard InChI is InChI=1S/C20H27N3O4/c1-13(2)17(22-19(25)27-20(3,4)5)18(24)23-21-11-14-10-15-8-6-7-9-16(15)26-12-14/h6-11,13,17H,12H2,1-5H3,(H,22,25)(H,23,24)/b21-11-/t17-/m0/s1. The van der Waals surface area contributed by atoms with Gasteiger partial charge < -0.3 is 14.8 Å². The molecule has 1 aromatic carbocycles. The number of para-hydroxylation sites is 1. The molecule has 146 valence electrons. The van der Waals surface area contributed by atoms with Gasteiger partial charge in [-0.3, -0.25) is 4.79 Å². The van der Waals surface area contributed by atoms with E-state index < -0.39 is 23.6 Å². The SMILES string of the molecule is CC(C)[C@H](NC(=O)OC(C)(C)C)C(=O)N/N=C\C1=Cc2ccccc2OC1. The van der Waals surface area contributed by atoms with Gasteiger partial charge in [-0.1, -0.05) is 32.0 Å². The zero-order chi connectivity index (χ0) is 20.0. The van der Waals surface area contributed by atoms with Crippen molar-refractivity contribution in [1.29, 1.82) is 0 Å². The Labute approximate surface area is 159 Å². The molecule has 7 nitrogen and oxygen atoms in total. The number of hydrogen-bond donors (Lipinski definition) is 2. The molecule has 0 aromatic heterocycles. The molecule has 1 aromatic rings.